The summed E-state index contributed by atoms with van der Waals surface area (Å²) >= 11 is 0. The van der Waals surface area contributed by atoms with Crippen molar-refractivity contribution in [3.8, 4) is 5.75 Å². The maximum atomic E-state index is 10.4. The van der Waals surface area contributed by atoms with E-state index < -0.39 is 11.0 Å². The zero-order chi connectivity index (χ0) is 14.1. The number of thiol groups is 1. The van der Waals surface area contributed by atoms with Crippen LogP contribution in [0.4, 0.5) is 0 Å². The third kappa shape index (κ3) is 5.28. The third-order valence-electron chi connectivity index (χ3n) is 2.42. The van der Waals surface area contributed by atoms with E-state index in [2.05, 4.69) is 23.3 Å². The van der Waals surface area contributed by atoms with Gasteiger partial charge >= 0.3 is 0 Å². The van der Waals surface area contributed by atoms with Crippen LogP contribution in [0.25, 0.3) is 10.8 Å². The first-order valence-electron chi connectivity index (χ1n) is 6.19. The lowest BCUT2D eigenvalue weighted by Crippen LogP contribution is -2.09. The summed E-state index contributed by atoms with van der Waals surface area (Å²) in [7, 11) is -2.85. The zero-order valence-electron chi connectivity index (χ0n) is 11.1. The monoisotopic (exact) mass is 281 g/mol. The Balaban J connectivity index is 0.000000312. The molecule has 0 unspecified atom stereocenters. The number of hydrogen-bond donors (Lipinski definition) is 2. The molecule has 2 aromatic carbocycles. The standard InChI is InChI=1S/C10H8O3S.C4H11N/c11-14(12)13-10-7-3-5-8-4-1-2-6-9(8)10;1-3-5-4-2/h1-7,14H;5H,3-4H2,1-2H3. The molecule has 0 heterocycles. The van der Waals surface area contributed by atoms with E-state index in [-0.39, 0.29) is 0 Å². The summed E-state index contributed by atoms with van der Waals surface area (Å²) in [6.07, 6.45) is 0. The smallest absolute Gasteiger partial charge is 0.299 e. The minimum Gasteiger partial charge on any atom is -0.384 e. The van der Waals surface area contributed by atoms with Crippen molar-refractivity contribution in [2.45, 2.75) is 13.8 Å². The van der Waals surface area contributed by atoms with Gasteiger partial charge in [-0.1, -0.05) is 50.2 Å². The van der Waals surface area contributed by atoms with Crippen LogP contribution in [0.15, 0.2) is 42.5 Å². The first-order chi connectivity index (χ1) is 9.19. The van der Waals surface area contributed by atoms with Crippen LogP contribution in [0.1, 0.15) is 13.8 Å². The van der Waals surface area contributed by atoms with Crippen LogP contribution in [-0.4, -0.2) is 21.5 Å². The van der Waals surface area contributed by atoms with Gasteiger partial charge in [-0.25, -0.2) is 0 Å². The number of rotatable bonds is 4. The Labute approximate surface area is 115 Å². The van der Waals surface area contributed by atoms with E-state index in [9.17, 15) is 8.42 Å². The molecule has 0 fully saturated rings. The zero-order valence-corrected chi connectivity index (χ0v) is 12.0. The molecule has 0 aliphatic rings. The highest BCUT2D eigenvalue weighted by Crippen LogP contribution is 2.24. The Kier molecular flexibility index (Phi) is 6.92. The summed E-state index contributed by atoms with van der Waals surface area (Å²) in [5.74, 6) is 0.374. The van der Waals surface area contributed by atoms with Crippen LogP contribution in [0.5, 0.6) is 5.75 Å². The van der Waals surface area contributed by atoms with Gasteiger partial charge in [0.25, 0.3) is 11.0 Å². The number of hydrogen-bond acceptors (Lipinski definition) is 4. The van der Waals surface area contributed by atoms with E-state index in [0.717, 1.165) is 23.9 Å². The second kappa shape index (κ2) is 8.50. The lowest BCUT2D eigenvalue weighted by atomic mass is 10.1. The molecule has 0 atom stereocenters. The van der Waals surface area contributed by atoms with Crippen LogP contribution >= 0.6 is 0 Å². The highest BCUT2D eigenvalue weighted by Gasteiger charge is 2.00. The quantitative estimate of drug-likeness (QED) is 0.845. The van der Waals surface area contributed by atoms with Crippen LogP contribution in [-0.2, 0) is 11.0 Å². The number of nitrogens with one attached hydrogen (secondary N) is 1. The Hall–Kier alpha value is -1.59. The van der Waals surface area contributed by atoms with Crippen molar-refractivity contribution in [2.24, 2.45) is 0 Å². The SMILES string of the molecule is CCNCC.O=[SH](=O)Oc1cccc2ccccc12. The molecule has 5 heteroatoms. The van der Waals surface area contributed by atoms with E-state index in [0.29, 0.717) is 5.75 Å². The highest BCUT2D eigenvalue weighted by atomic mass is 32.2. The fraction of sp³-hybridized carbons (Fsp3) is 0.286. The van der Waals surface area contributed by atoms with E-state index in [4.69, 9.17) is 0 Å². The summed E-state index contributed by atoms with van der Waals surface area (Å²) in [5.41, 5.74) is 0. The Morgan fingerprint density at radius 3 is 2.21 bits per heavy atom. The Morgan fingerprint density at radius 1 is 1.00 bits per heavy atom. The van der Waals surface area contributed by atoms with Crippen molar-refractivity contribution in [2.75, 3.05) is 13.1 Å². The van der Waals surface area contributed by atoms with Gasteiger partial charge in [0.1, 0.15) is 5.75 Å². The van der Waals surface area contributed by atoms with Crippen molar-refractivity contribution in [1.82, 2.24) is 5.32 Å². The minimum atomic E-state index is -2.85. The van der Waals surface area contributed by atoms with Gasteiger partial charge in [-0.2, -0.15) is 8.42 Å². The Morgan fingerprint density at radius 2 is 1.63 bits per heavy atom. The van der Waals surface area contributed by atoms with Crippen molar-refractivity contribution in [3.63, 3.8) is 0 Å². The molecule has 0 amide bonds. The maximum Gasteiger partial charge on any atom is 0.299 e. The third-order valence-corrected chi connectivity index (χ3v) is 2.77. The van der Waals surface area contributed by atoms with Gasteiger partial charge in [0.15, 0.2) is 0 Å². The van der Waals surface area contributed by atoms with Gasteiger partial charge in [0, 0.05) is 5.39 Å². The van der Waals surface area contributed by atoms with Gasteiger partial charge in [0.05, 0.1) is 0 Å². The molecule has 1 N–H and O–H groups in total. The summed E-state index contributed by atoms with van der Waals surface area (Å²) in [6, 6.07) is 12.8. The number of benzene rings is 2. The predicted molar refractivity (Wildman–Crippen MR) is 79.1 cm³/mol. The first kappa shape index (κ1) is 15.5. The molecule has 4 nitrogen and oxygen atoms in total. The second-order valence-electron chi connectivity index (χ2n) is 3.75. The molecule has 0 spiro atoms. The van der Waals surface area contributed by atoms with E-state index in [1.165, 1.54) is 0 Å². The molecule has 19 heavy (non-hydrogen) atoms. The summed E-state index contributed by atoms with van der Waals surface area (Å²) in [5, 5.41) is 4.87. The number of fused-ring (bicyclic) bond motifs is 1. The lowest BCUT2D eigenvalue weighted by molar-refractivity contribution is 0.513. The fourth-order valence-electron chi connectivity index (χ4n) is 1.61. The molecular weight excluding hydrogens is 262 g/mol. The van der Waals surface area contributed by atoms with Gasteiger partial charge in [-0.3, -0.25) is 0 Å². The summed E-state index contributed by atoms with van der Waals surface area (Å²) in [4.78, 5) is 0. The average Bonchev–Trinajstić information content (AvgIpc) is 2.40. The van der Waals surface area contributed by atoms with Crippen LogP contribution < -0.4 is 9.50 Å². The topological polar surface area (TPSA) is 55.4 Å². The maximum absolute atomic E-state index is 10.4. The summed E-state index contributed by atoms with van der Waals surface area (Å²) in [6.45, 7) is 6.39. The van der Waals surface area contributed by atoms with Crippen LogP contribution in [0.3, 0.4) is 0 Å². The molecule has 0 radical (unpaired) electrons. The molecular formula is C14H19NO3S. The van der Waals surface area contributed by atoms with Crippen molar-refractivity contribution in [3.05, 3.63) is 42.5 Å². The molecule has 0 bridgehead atoms. The molecule has 104 valence electrons. The van der Waals surface area contributed by atoms with E-state index in [1.807, 2.05) is 30.3 Å². The average molecular weight is 281 g/mol. The molecule has 0 aromatic heterocycles. The lowest BCUT2D eigenvalue weighted by Gasteiger charge is -2.02. The Bertz CT molecular complexity index is 566. The van der Waals surface area contributed by atoms with Crippen molar-refractivity contribution >= 4 is 21.8 Å². The normalized spacial score (nSPS) is 10.1. The molecule has 0 saturated carbocycles. The molecule has 0 aliphatic carbocycles. The second-order valence-corrected chi connectivity index (χ2v) is 4.38. The predicted octanol–water partition coefficient (Wildman–Crippen LogP) is 2.36. The van der Waals surface area contributed by atoms with Gasteiger partial charge in [-0.15, -0.1) is 0 Å². The van der Waals surface area contributed by atoms with E-state index in [1.54, 1.807) is 12.1 Å². The first-order valence-corrected chi connectivity index (χ1v) is 7.29. The van der Waals surface area contributed by atoms with Crippen LogP contribution in [0.2, 0.25) is 0 Å². The minimum absolute atomic E-state index is 0.374. The van der Waals surface area contributed by atoms with Crippen molar-refractivity contribution < 1.29 is 12.6 Å². The fourth-order valence-corrected chi connectivity index (χ4v) is 1.93. The molecule has 0 saturated heterocycles. The van der Waals surface area contributed by atoms with Crippen LogP contribution in [0, 0.1) is 0 Å². The van der Waals surface area contributed by atoms with Gasteiger partial charge < -0.3 is 9.50 Å². The summed E-state index contributed by atoms with van der Waals surface area (Å²) < 4.78 is 25.5. The highest BCUT2D eigenvalue weighted by molar-refractivity contribution is 7.67. The van der Waals surface area contributed by atoms with Crippen molar-refractivity contribution in [1.29, 1.82) is 0 Å². The molecule has 2 rings (SSSR count). The molecule has 0 aliphatic heterocycles. The van der Waals surface area contributed by atoms with Gasteiger partial charge in [-0.05, 0) is 24.5 Å². The largest absolute Gasteiger partial charge is 0.384 e. The molecule has 2 aromatic rings. The van der Waals surface area contributed by atoms with Gasteiger partial charge in [0.2, 0.25) is 0 Å². The van der Waals surface area contributed by atoms with E-state index >= 15 is 0 Å².